The minimum Gasteiger partial charge on any atom is -0.336 e. The van der Waals surface area contributed by atoms with Crippen molar-refractivity contribution in [1.82, 2.24) is 9.80 Å². The third kappa shape index (κ3) is 1.88. The van der Waals surface area contributed by atoms with Gasteiger partial charge in [-0.15, -0.1) is 12.6 Å². The van der Waals surface area contributed by atoms with Crippen molar-refractivity contribution in [3.63, 3.8) is 0 Å². The number of benzene rings is 1. The standard InChI is InChI=1S/C17H22N2OS2/c1-16-11-7-10-13(12-8-5-4-6-9-12)17(16,22)19(3)15(21)18(2)14(16)20/h4-6,8-9,13,22H,7,10-11H2,1-3H3. The predicted octanol–water partition coefficient (Wildman–Crippen LogP) is 3.28. The van der Waals surface area contributed by atoms with E-state index in [1.54, 1.807) is 11.9 Å². The fourth-order valence-electron chi connectivity index (χ4n) is 4.21. The number of hydrogen-bond donors (Lipinski definition) is 1. The summed E-state index contributed by atoms with van der Waals surface area (Å²) in [6.07, 6.45) is 2.89. The Hall–Kier alpha value is -1.07. The molecule has 1 aromatic carbocycles. The van der Waals surface area contributed by atoms with Crippen molar-refractivity contribution in [1.29, 1.82) is 0 Å². The molecule has 2 aliphatic rings. The lowest BCUT2D eigenvalue weighted by atomic mass is 9.62. The summed E-state index contributed by atoms with van der Waals surface area (Å²) >= 11 is 10.6. The van der Waals surface area contributed by atoms with Crippen LogP contribution in [-0.4, -0.2) is 39.8 Å². The number of nitrogens with zero attached hydrogens (tertiary/aromatic N) is 2. The SMILES string of the molecule is CN1C(=O)C2(C)CCCC(c3ccccc3)C2(S)N(C)C1=S. The van der Waals surface area contributed by atoms with E-state index < -0.39 is 10.3 Å². The van der Waals surface area contributed by atoms with Crippen LogP contribution >= 0.6 is 24.8 Å². The number of thiocarbonyl (C=S) groups is 1. The van der Waals surface area contributed by atoms with Crippen molar-refractivity contribution in [3.05, 3.63) is 35.9 Å². The van der Waals surface area contributed by atoms with E-state index in [1.807, 2.05) is 37.1 Å². The molecule has 1 aliphatic heterocycles. The first-order valence-electron chi connectivity index (χ1n) is 7.67. The Morgan fingerprint density at radius 1 is 1.27 bits per heavy atom. The molecule has 0 radical (unpaired) electrons. The zero-order chi connectivity index (χ0) is 16.1. The highest BCUT2D eigenvalue weighted by Gasteiger charge is 2.64. The molecule has 0 aromatic heterocycles. The first-order chi connectivity index (χ1) is 10.3. The van der Waals surface area contributed by atoms with Gasteiger partial charge in [0.15, 0.2) is 5.11 Å². The van der Waals surface area contributed by atoms with Crippen LogP contribution in [0.1, 0.15) is 37.7 Å². The molecule has 3 rings (SSSR count). The number of carbonyl (C=O) groups excluding carboxylic acids is 1. The molecule has 1 heterocycles. The highest BCUT2D eigenvalue weighted by atomic mass is 32.1. The number of carbonyl (C=O) groups is 1. The monoisotopic (exact) mass is 334 g/mol. The number of fused-ring (bicyclic) bond motifs is 1. The number of thiol groups is 1. The van der Waals surface area contributed by atoms with Gasteiger partial charge in [0, 0.05) is 20.0 Å². The van der Waals surface area contributed by atoms with Crippen LogP contribution in [0.15, 0.2) is 30.3 Å². The minimum atomic E-state index is -0.590. The molecule has 1 aromatic rings. The van der Waals surface area contributed by atoms with Gasteiger partial charge in [-0.25, -0.2) is 0 Å². The van der Waals surface area contributed by atoms with Crippen molar-refractivity contribution in [3.8, 4) is 0 Å². The van der Waals surface area contributed by atoms with Gasteiger partial charge in [-0.05, 0) is 37.5 Å². The largest absolute Gasteiger partial charge is 0.336 e. The Labute approximate surface area is 143 Å². The average Bonchev–Trinajstić information content (AvgIpc) is 2.54. The van der Waals surface area contributed by atoms with Crippen LogP contribution in [0.4, 0.5) is 0 Å². The smallest absolute Gasteiger partial charge is 0.237 e. The van der Waals surface area contributed by atoms with Gasteiger partial charge in [-0.3, -0.25) is 9.69 Å². The third-order valence-electron chi connectivity index (χ3n) is 5.53. The first kappa shape index (κ1) is 15.8. The van der Waals surface area contributed by atoms with Crippen LogP contribution in [0.2, 0.25) is 0 Å². The molecule has 5 heteroatoms. The van der Waals surface area contributed by atoms with Crippen molar-refractivity contribution in [2.24, 2.45) is 5.41 Å². The molecule has 3 unspecified atom stereocenters. The summed E-state index contributed by atoms with van der Waals surface area (Å²) in [6.45, 7) is 2.05. The van der Waals surface area contributed by atoms with E-state index >= 15 is 0 Å². The van der Waals surface area contributed by atoms with Crippen molar-refractivity contribution >= 4 is 35.9 Å². The predicted molar refractivity (Wildman–Crippen MR) is 96.0 cm³/mol. The van der Waals surface area contributed by atoms with E-state index in [0.29, 0.717) is 5.11 Å². The molecular weight excluding hydrogens is 312 g/mol. The molecule has 3 nitrogen and oxygen atoms in total. The molecule has 1 saturated heterocycles. The van der Waals surface area contributed by atoms with E-state index in [4.69, 9.17) is 24.8 Å². The third-order valence-corrected chi connectivity index (χ3v) is 7.18. The van der Waals surface area contributed by atoms with E-state index in [9.17, 15) is 4.79 Å². The Kier molecular flexibility index (Phi) is 3.76. The van der Waals surface area contributed by atoms with Crippen molar-refractivity contribution < 1.29 is 4.79 Å². The fourth-order valence-corrected chi connectivity index (χ4v) is 5.08. The van der Waals surface area contributed by atoms with Gasteiger partial charge in [-0.2, -0.15) is 0 Å². The maximum Gasteiger partial charge on any atom is 0.237 e. The summed E-state index contributed by atoms with van der Waals surface area (Å²) in [5, 5.41) is 0.556. The van der Waals surface area contributed by atoms with Gasteiger partial charge in [0.1, 0.15) is 4.87 Å². The van der Waals surface area contributed by atoms with Gasteiger partial charge >= 0.3 is 0 Å². The second-order valence-corrected chi connectivity index (χ2v) is 7.67. The number of hydrogen-bond acceptors (Lipinski definition) is 3. The molecule has 2 fully saturated rings. The lowest BCUT2D eigenvalue weighted by molar-refractivity contribution is -0.148. The Bertz CT molecular complexity index is 620. The van der Waals surface area contributed by atoms with Crippen LogP contribution in [-0.2, 0) is 4.79 Å². The Morgan fingerprint density at radius 2 is 1.91 bits per heavy atom. The van der Waals surface area contributed by atoms with Crippen LogP contribution in [0.3, 0.4) is 0 Å². The highest BCUT2D eigenvalue weighted by molar-refractivity contribution is 7.82. The van der Waals surface area contributed by atoms with E-state index in [0.717, 1.165) is 19.3 Å². The highest BCUT2D eigenvalue weighted by Crippen LogP contribution is 2.59. The van der Waals surface area contributed by atoms with Gasteiger partial charge in [0.05, 0.1) is 5.41 Å². The van der Waals surface area contributed by atoms with Gasteiger partial charge in [0.2, 0.25) is 5.91 Å². The Balaban J connectivity index is 2.16. The quantitative estimate of drug-likeness (QED) is 0.630. The molecule has 22 heavy (non-hydrogen) atoms. The molecule has 1 aliphatic carbocycles. The molecule has 0 bridgehead atoms. The molecule has 1 saturated carbocycles. The van der Waals surface area contributed by atoms with Gasteiger partial charge in [-0.1, -0.05) is 36.8 Å². The topological polar surface area (TPSA) is 23.6 Å². The number of rotatable bonds is 1. The van der Waals surface area contributed by atoms with Crippen LogP contribution in [0, 0.1) is 5.41 Å². The molecule has 0 spiro atoms. The normalized spacial score (nSPS) is 35.5. The summed E-state index contributed by atoms with van der Waals surface area (Å²) in [5.41, 5.74) is 0.691. The molecule has 1 amide bonds. The summed E-state index contributed by atoms with van der Waals surface area (Å²) < 4.78 is 0. The zero-order valence-corrected chi connectivity index (χ0v) is 15.0. The maximum absolute atomic E-state index is 13.0. The zero-order valence-electron chi connectivity index (χ0n) is 13.2. The van der Waals surface area contributed by atoms with Gasteiger partial charge in [0.25, 0.3) is 0 Å². The fraction of sp³-hybridized carbons (Fsp3) is 0.529. The number of likely N-dealkylation sites (N-methyl/N-ethyl adjacent to an activating group) is 1. The Morgan fingerprint density at radius 3 is 2.55 bits per heavy atom. The molecular formula is C17H22N2OS2. The van der Waals surface area contributed by atoms with Crippen LogP contribution < -0.4 is 0 Å². The van der Waals surface area contributed by atoms with Crippen molar-refractivity contribution in [2.75, 3.05) is 14.1 Å². The van der Waals surface area contributed by atoms with E-state index in [-0.39, 0.29) is 11.8 Å². The second-order valence-electron chi connectivity index (χ2n) is 6.62. The molecule has 118 valence electrons. The van der Waals surface area contributed by atoms with Crippen LogP contribution in [0.5, 0.6) is 0 Å². The summed E-state index contributed by atoms with van der Waals surface area (Å²) in [4.78, 5) is 16.0. The summed E-state index contributed by atoms with van der Waals surface area (Å²) in [7, 11) is 3.74. The second kappa shape index (κ2) is 5.24. The lowest BCUT2D eigenvalue weighted by Crippen LogP contribution is -2.72. The van der Waals surface area contributed by atoms with Crippen LogP contribution in [0.25, 0.3) is 0 Å². The first-order valence-corrected chi connectivity index (χ1v) is 8.53. The van der Waals surface area contributed by atoms with E-state index in [1.165, 1.54) is 5.56 Å². The maximum atomic E-state index is 13.0. The summed E-state index contributed by atoms with van der Waals surface area (Å²) in [6, 6.07) is 10.4. The summed E-state index contributed by atoms with van der Waals surface area (Å²) in [5.74, 6) is 0.266. The number of amides is 1. The van der Waals surface area contributed by atoms with Crippen molar-refractivity contribution in [2.45, 2.75) is 37.0 Å². The van der Waals surface area contributed by atoms with Gasteiger partial charge < -0.3 is 4.90 Å². The molecule has 0 N–H and O–H groups in total. The lowest BCUT2D eigenvalue weighted by Gasteiger charge is -2.61. The average molecular weight is 335 g/mol. The molecule has 3 atom stereocenters. The minimum absolute atomic E-state index is 0.0891. The van der Waals surface area contributed by atoms with E-state index in [2.05, 4.69) is 12.1 Å².